The summed E-state index contributed by atoms with van der Waals surface area (Å²) < 4.78 is 0. The van der Waals surface area contributed by atoms with Crippen LogP contribution >= 0.6 is 0 Å². The van der Waals surface area contributed by atoms with E-state index in [0.29, 0.717) is 6.42 Å². The summed E-state index contributed by atoms with van der Waals surface area (Å²) in [5, 5.41) is 16.6. The first-order valence-corrected chi connectivity index (χ1v) is 7.38. The zero-order valence-electron chi connectivity index (χ0n) is 13.9. The van der Waals surface area contributed by atoms with E-state index < -0.39 is 35.5 Å². The SMILES string of the molecule is CCCC(=O)N[C@H](C)C(=O)N[C@@H](CC(C)(C)O)C(=O)NC(N)=O. The predicted molar refractivity (Wildman–Crippen MR) is 83.1 cm³/mol. The quantitative estimate of drug-likeness (QED) is 0.392. The molecule has 9 heteroatoms. The van der Waals surface area contributed by atoms with Crippen LogP contribution < -0.4 is 21.7 Å². The van der Waals surface area contributed by atoms with E-state index in [9.17, 15) is 24.3 Å². The minimum absolute atomic E-state index is 0.131. The Labute approximate surface area is 135 Å². The van der Waals surface area contributed by atoms with Crippen LogP contribution in [-0.2, 0) is 14.4 Å². The number of imide groups is 1. The zero-order chi connectivity index (χ0) is 18.2. The predicted octanol–water partition coefficient (Wildman–Crippen LogP) is -0.868. The molecule has 0 unspecified atom stereocenters. The lowest BCUT2D eigenvalue weighted by Gasteiger charge is -2.26. The van der Waals surface area contributed by atoms with Crippen LogP contribution in [0.15, 0.2) is 0 Å². The third-order valence-electron chi connectivity index (χ3n) is 2.83. The molecule has 0 bridgehead atoms. The Hall–Kier alpha value is -2.16. The fourth-order valence-electron chi connectivity index (χ4n) is 1.82. The monoisotopic (exact) mass is 330 g/mol. The molecular formula is C14H26N4O5. The molecule has 0 saturated heterocycles. The number of hydrogen-bond donors (Lipinski definition) is 5. The van der Waals surface area contributed by atoms with Gasteiger partial charge in [-0.3, -0.25) is 19.7 Å². The summed E-state index contributed by atoms with van der Waals surface area (Å²) in [6.45, 7) is 6.21. The molecule has 0 aromatic rings. The molecule has 9 nitrogen and oxygen atoms in total. The highest BCUT2D eigenvalue weighted by atomic mass is 16.3. The van der Waals surface area contributed by atoms with Crippen molar-refractivity contribution in [3.8, 4) is 0 Å². The van der Waals surface area contributed by atoms with Crippen molar-refractivity contribution in [3.05, 3.63) is 0 Å². The van der Waals surface area contributed by atoms with Crippen molar-refractivity contribution in [2.75, 3.05) is 0 Å². The summed E-state index contributed by atoms with van der Waals surface area (Å²) in [7, 11) is 0. The Morgan fingerprint density at radius 1 is 1.13 bits per heavy atom. The average molecular weight is 330 g/mol. The lowest BCUT2D eigenvalue weighted by atomic mass is 9.98. The van der Waals surface area contributed by atoms with Gasteiger partial charge in [0.2, 0.25) is 11.8 Å². The summed E-state index contributed by atoms with van der Waals surface area (Å²) in [6.07, 6.45) is 0.795. The van der Waals surface area contributed by atoms with E-state index in [-0.39, 0.29) is 18.7 Å². The average Bonchev–Trinajstić information content (AvgIpc) is 2.35. The van der Waals surface area contributed by atoms with Gasteiger partial charge < -0.3 is 21.5 Å². The highest BCUT2D eigenvalue weighted by molar-refractivity contribution is 5.98. The van der Waals surface area contributed by atoms with Gasteiger partial charge in [-0.25, -0.2) is 4.79 Å². The van der Waals surface area contributed by atoms with Gasteiger partial charge in [-0.1, -0.05) is 6.92 Å². The molecule has 5 amide bonds. The molecular weight excluding hydrogens is 304 g/mol. The number of hydrogen-bond acceptors (Lipinski definition) is 5. The van der Waals surface area contributed by atoms with Gasteiger partial charge in [-0.2, -0.15) is 0 Å². The maximum absolute atomic E-state index is 12.1. The minimum atomic E-state index is -1.26. The van der Waals surface area contributed by atoms with Crippen LogP contribution in [0.1, 0.15) is 47.0 Å². The van der Waals surface area contributed by atoms with Gasteiger partial charge in [0.05, 0.1) is 5.60 Å². The summed E-state index contributed by atoms with van der Waals surface area (Å²) in [5.74, 6) is -1.72. The zero-order valence-corrected chi connectivity index (χ0v) is 13.9. The summed E-state index contributed by atoms with van der Waals surface area (Å²) >= 11 is 0. The molecule has 6 N–H and O–H groups in total. The number of aliphatic hydroxyl groups is 1. The van der Waals surface area contributed by atoms with Gasteiger partial charge in [0.1, 0.15) is 12.1 Å². The molecule has 0 heterocycles. The normalized spacial score (nSPS) is 13.6. The van der Waals surface area contributed by atoms with Crippen molar-refractivity contribution in [2.24, 2.45) is 5.73 Å². The minimum Gasteiger partial charge on any atom is -0.390 e. The maximum atomic E-state index is 12.1. The molecule has 132 valence electrons. The van der Waals surface area contributed by atoms with Gasteiger partial charge in [-0.15, -0.1) is 0 Å². The molecule has 0 fully saturated rings. The molecule has 0 rings (SSSR count). The first kappa shape index (κ1) is 20.8. The van der Waals surface area contributed by atoms with E-state index in [2.05, 4.69) is 10.6 Å². The summed E-state index contributed by atoms with van der Waals surface area (Å²) in [6, 6.07) is -3.09. The summed E-state index contributed by atoms with van der Waals surface area (Å²) in [5.41, 5.74) is 3.62. The number of carbonyl (C=O) groups excluding carboxylic acids is 4. The lowest BCUT2D eigenvalue weighted by molar-refractivity contribution is -0.132. The fourth-order valence-corrected chi connectivity index (χ4v) is 1.82. The Bertz CT molecular complexity index is 459. The van der Waals surface area contributed by atoms with E-state index >= 15 is 0 Å². The Morgan fingerprint density at radius 3 is 2.13 bits per heavy atom. The van der Waals surface area contributed by atoms with Crippen LogP contribution in [-0.4, -0.2) is 46.5 Å². The number of carbonyl (C=O) groups is 4. The number of rotatable bonds is 8. The van der Waals surface area contributed by atoms with Gasteiger partial charge in [0, 0.05) is 12.8 Å². The van der Waals surface area contributed by atoms with Gasteiger partial charge in [-0.05, 0) is 27.2 Å². The summed E-state index contributed by atoms with van der Waals surface area (Å²) in [4.78, 5) is 46.2. The van der Waals surface area contributed by atoms with Crippen LogP contribution in [0, 0.1) is 0 Å². The molecule has 0 saturated carbocycles. The largest absolute Gasteiger partial charge is 0.390 e. The van der Waals surface area contributed by atoms with Crippen LogP contribution in [0.2, 0.25) is 0 Å². The van der Waals surface area contributed by atoms with Crippen molar-refractivity contribution in [1.82, 2.24) is 16.0 Å². The van der Waals surface area contributed by atoms with Crippen LogP contribution in [0.3, 0.4) is 0 Å². The number of urea groups is 1. The molecule has 0 aromatic carbocycles. The number of nitrogens with one attached hydrogen (secondary N) is 3. The fraction of sp³-hybridized carbons (Fsp3) is 0.714. The van der Waals surface area contributed by atoms with Crippen molar-refractivity contribution in [3.63, 3.8) is 0 Å². The second kappa shape index (κ2) is 9.09. The molecule has 0 spiro atoms. The van der Waals surface area contributed by atoms with Crippen LogP contribution in [0.5, 0.6) is 0 Å². The maximum Gasteiger partial charge on any atom is 0.318 e. The standard InChI is InChI=1S/C14H26N4O5/c1-5-6-10(19)16-8(2)11(20)17-9(7-14(3,4)23)12(21)18-13(15)22/h8-9,23H,5-7H2,1-4H3,(H,16,19)(H,17,20)(H3,15,18,21,22)/t8-,9+/m1/s1. The Kier molecular flexibility index (Phi) is 8.23. The lowest BCUT2D eigenvalue weighted by Crippen LogP contribution is -2.55. The van der Waals surface area contributed by atoms with Gasteiger partial charge in [0.15, 0.2) is 0 Å². The van der Waals surface area contributed by atoms with Crippen molar-refractivity contribution in [2.45, 2.75) is 64.6 Å². The van der Waals surface area contributed by atoms with Crippen LogP contribution in [0.25, 0.3) is 0 Å². The second-order valence-electron chi connectivity index (χ2n) is 5.97. The third kappa shape index (κ3) is 9.46. The third-order valence-corrected chi connectivity index (χ3v) is 2.83. The highest BCUT2D eigenvalue weighted by Crippen LogP contribution is 2.11. The Balaban J connectivity index is 4.86. The molecule has 0 aliphatic rings. The van der Waals surface area contributed by atoms with Crippen LogP contribution in [0.4, 0.5) is 4.79 Å². The first-order valence-electron chi connectivity index (χ1n) is 7.38. The van der Waals surface area contributed by atoms with E-state index in [1.807, 2.05) is 12.2 Å². The molecule has 0 aliphatic carbocycles. The van der Waals surface area contributed by atoms with Gasteiger partial charge in [0.25, 0.3) is 5.91 Å². The molecule has 2 atom stereocenters. The highest BCUT2D eigenvalue weighted by Gasteiger charge is 2.30. The number of nitrogens with two attached hydrogens (primary N) is 1. The topological polar surface area (TPSA) is 151 Å². The van der Waals surface area contributed by atoms with E-state index in [1.165, 1.54) is 20.8 Å². The van der Waals surface area contributed by atoms with E-state index in [0.717, 1.165) is 0 Å². The van der Waals surface area contributed by atoms with Crippen molar-refractivity contribution in [1.29, 1.82) is 0 Å². The second-order valence-corrected chi connectivity index (χ2v) is 5.97. The van der Waals surface area contributed by atoms with E-state index in [1.54, 1.807) is 0 Å². The van der Waals surface area contributed by atoms with E-state index in [4.69, 9.17) is 5.73 Å². The van der Waals surface area contributed by atoms with Gasteiger partial charge >= 0.3 is 6.03 Å². The number of amides is 5. The molecule has 0 radical (unpaired) electrons. The van der Waals surface area contributed by atoms with Crippen molar-refractivity contribution < 1.29 is 24.3 Å². The number of primary amides is 1. The molecule has 0 aromatic heterocycles. The molecule has 0 aliphatic heterocycles. The first-order chi connectivity index (χ1) is 10.5. The Morgan fingerprint density at radius 2 is 1.70 bits per heavy atom. The molecule has 23 heavy (non-hydrogen) atoms. The smallest absolute Gasteiger partial charge is 0.318 e. The van der Waals surface area contributed by atoms with Crippen molar-refractivity contribution >= 4 is 23.8 Å².